The number of urea groups is 1. The van der Waals surface area contributed by atoms with Gasteiger partial charge in [0.25, 0.3) is 0 Å². The largest absolute Gasteiger partial charge is 0.327 e. The van der Waals surface area contributed by atoms with Crippen molar-refractivity contribution in [3.05, 3.63) is 0 Å². The van der Waals surface area contributed by atoms with E-state index in [1.54, 1.807) is 4.90 Å². The van der Waals surface area contributed by atoms with E-state index in [2.05, 4.69) is 0 Å². The normalized spacial score (nSPS) is 17.4. The molecule has 1 heterocycles. The summed E-state index contributed by atoms with van der Waals surface area (Å²) >= 11 is 0. The second-order valence-corrected chi connectivity index (χ2v) is 4.21. The summed E-state index contributed by atoms with van der Waals surface area (Å²) in [5.74, 6) is -0.177. The highest BCUT2D eigenvalue weighted by molar-refractivity contribution is 5.96. The summed E-state index contributed by atoms with van der Waals surface area (Å²) in [4.78, 5) is 26.4. The molecule has 0 aromatic carbocycles. The zero-order valence-electron chi connectivity index (χ0n) is 9.28. The molecular formula is C10H18N2O2. The van der Waals surface area contributed by atoms with Crippen molar-refractivity contribution in [1.82, 2.24) is 9.80 Å². The van der Waals surface area contributed by atoms with Crippen LogP contribution in [0.5, 0.6) is 0 Å². The van der Waals surface area contributed by atoms with Crippen LogP contribution in [-0.2, 0) is 4.79 Å². The first-order valence-electron chi connectivity index (χ1n) is 5.07. The fraction of sp³-hybridized carbons (Fsp3) is 0.800. The van der Waals surface area contributed by atoms with E-state index in [4.69, 9.17) is 0 Å². The zero-order valence-corrected chi connectivity index (χ0v) is 9.28. The average Bonchev–Trinajstić information content (AvgIpc) is 2.45. The Morgan fingerprint density at radius 2 is 1.79 bits per heavy atom. The van der Waals surface area contributed by atoms with Crippen LogP contribution in [0.15, 0.2) is 0 Å². The number of carbonyl (C=O) groups excluding carboxylic acids is 2. The number of nitrogens with zero attached hydrogens (tertiary/aromatic N) is 2. The molecule has 1 aliphatic heterocycles. The van der Waals surface area contributed by atoms with Gasteiger partial charge in [-0.25, -0.2) is 4.79 Å². The minimum Gasteiger partial charge on any atom is -0.320 e. The quantitative estimate of drug-likeness (QED) is 0.671. The van der Waals surface area contributed by atoms with Crippen LogP contribution in [-0.4, -0.2) is 40.9 Å². The number of hydrogen-bond acceptors (Lipinski definition) is 2. The molecule has 0 saturated carbocycles. The third-order valence-electron chi connectivity index (χ3n) is 2.42. The van der Waals surface area contributed by atoms with E-state index in [1.165, 1.54) is 4.90 Å². The third-order valence-corrected chi connectivity index (χ3v) is 2.42. The van der Waals surface area contributed by atoms with E-state index in [1.807, 2.05) is 27.7 Å². The highest BCUT2D eigenvalue weighted by Gasteiger charge is 2.34. The minimum absolute atomic E-state index is 0.0712. The molecule has 0 spiro atoms. The van der Waals surface area contributed by atoms with Gasteiger partial charge in [0.2, 0.25) is 5.91 Å². The Kier molecular flexibility index (Phi) is 3.13. The fourth-order valence-electron chi connectivity index (χ4n) is 1.55. The van der Waals surface area contributed by atoms with Crippen molar-refractivity contribution in [2.24, 2.45) is 5.92 Å². The summed E-state index contributed by atoms with van der Waals surface area (Å²) in [5, 5.41) is 0. The van der Waals surface area contributed by atoms with Crippen LogP contribution in [0.1, 0.15) is 27.7 Å². The molecule has 0 atom stereocenters. The summed E-state index contributed by atoms with van der Waals surface area (Å²) in [6, 6.07) is 0.0335. The SMILES string of the molecule is CC(C)C(=O)N1CCN(C(C)C)C1=O. The number of rotatable bonds is 2. The first-order chi connectivity index (χ1) is 6.45. The molecule has 1 saturated heterocycles. The van der Waals surface area contributed by atoms with Crippen LogP contribution in [0.25, 0.3) is 0 Å². The number of hydrogen-bond donors (Lipinski definition) is 0. The van der Waals surface area contributed by atoms with Crippen LogP contribution in [0, 0.1) is 5.92 Å². The third kappa shape index (κ3) is 1.89. The highest BCUT2D eigenvalue weighted by atomic mass is 16.2. The summed E-state index contributed by atoms with van der Waals surface area (Å²) < 4.78 is 0. The molecule has 0 aromatic rings. The maximum Gasteiger partial charge on any atom is 0.327 e. The highest BCUT2D eigenvalue weighted by Crippen LogP contribution is 2.14. The Bertz CT molecular complexity index is 249. The number of amides is 3. The Morgan fingerprint density at radius 1 is 1.21 bits per heavy atom. The lowest BCUT2D eigenvalue weighted by Gasteiger charge is -2.21. The van der Waals surface area contributed by atoms with Crippen LogP contribution >= 0.6 is 0 Å². The maximum absolute atomic E-state index is 11.7. The topological polar surface area (TPSA) is 40.6 Å². The van der Waals surface area contributed by atoms with Crippen LogP contribution in [0.4, 0.5) is 4.79 Å². The summed E-state index contributed by atoms with van der Waals surface area (Å²) in [6.45, 7) is 8.74. The van der Waals surface area contributed by atoms with Crippen LogP contribution in [0.3, 0.4) is 0 Å². The van der Waals surface area contributed by atoms with E-state index in [0.29, 0.717) is 13.1 Å². The van der Waals surface area contributed by atoms with E-state index in [-0.39, 0.29) is 23.9 Å². The lowest BCUT2D eigenvalue weighted by Crippen LogP contribution is -2.40. The van der Waals surface area contributed by atoms with Gasteiger partial charge in [0.15, 0.2) is 0 Å². The predicted molar refractivity (Wildman–Crippen MR) is 53.8 cm³/mol. The molecule has 0 aromatic heterocycles. The minimum atomic E-state index is -0.140. The average molecular weight is 198 g/mol. The molecule has 3 amide bonds. The van der Waals surface area contributed by atoms with E-state index < -0.39 is 0 Å². The molecule has 0 N–H and O–H groups in total. The zero-order chi connectivity index (χ0) is 10.9. The molecule has 0 radical (unpaired) electrons. The summed E-state index contributed by atoms with van der Waals surface area (Å²) in [7, 11) is 0. The van der Waals surface area contributed by atoms with Crippen molar-refractivity contribution >= 4 is 11.9 Å². The van der Waals surface area contributed by atoms with Gasteiger partial charge in [-0.3, -0.25) is 9.69 Å². The molecule has 14 heavy (non-hydrogen) atoms. The van der Waals surface area contributed by atoms with Gasteiger partial charge in [-0.1, -0.05) is 13.8 Å². The first-order valence-corrected chi connectivity index (χ1v) is 5.07. The molecular weight excluding hydrogens is 180 g/mol. The lowest BCUT2D eigenvalue weighted by molar-refractivity contribution is -0.130. The van der Waals surface area contributed by atoms with E-state index >= 15 is 0 Å². The molecule has 4 heteroatoms. The van der Waals surface area contributed by atoms with Crippen molar-refractivity contribution in [3.63, 3.8) is 0 Å². The second-order valence-electron chi connectivity index (χ2n) is 4.21. The molecule has 0 bridgehead atoms. The molecule has 0 unspecified atom stereocenters. The number of imide groups is 1. The van der Waals surface area contributed by atoms with Gasteiger partial charge in [-0.15, -0.1) is 0 Å². The Labute approximate surface area is 84.9 Å². The number of carbonyl (C=O) groups is 2. The molecule has 1 aliphatic rings. The lowest BCUT2D eigenvalue weighted by atomic mass is 10.2. The van der Waals surface area contributed by atoms with E-state index in [9.17, 15) is 9.59 Å². The Balaban J connectivity index is 2.69. The Morgan fingerprint density at radius 3 is 2.14 bits per heavy atom. The maximum atomic E-state index is 11.7. The van der Waals surface area contributed by atoms with Crippen molar-refractivity contribution in [1.29, 1.82) is 0 Å². The standard InChI is InChI=1S/C10H18N2O2/c1-7(2)9(13)12-6-5-11(8(3)4)10(12)14/h7-8H,5-6H2,1-4H3. The Hall–Kier alpha value is -1.06. The van der Waals surface area contributed by atoms with Gasteiger partial charge in [0, 0.05) is 25.0 Å². The smallest absolute Gasteiger partial charge is 0.320 e. The van der Waals surface area contributed by atoms with Gasteiger partial charge in [0.05, 0.1) is 0 Å². The van der Waals surface area contributed by atoms with Gasteiger partial charge in [0.1, 0.15) is 0 Å². The molecule has 80 valence electrons. The molecule has 1 rings (SSSR count). The van der Waals surface area contributed by atoms with Crippen molar-refractivity contribution in [2.45, 2.75) is 33.7 Å². The summed E-state index contributed by atoms with van der Waals surface area (Å²) in [6.07, 6.45) is 0. The van der Waals surface area contributed by atoms with Crippen molar-refractivity contribution < 1.29 is 9.59 Å². The fourth-order valence-corrected chi connectivity index (χ4v) is 1.55. The first kappa shape index (κ1) is 11.0. The van der Waals surface area contributed by atoms with Crippen LogP contribution in [0.2, 0.25) is 0 Å². The molecule has 0 aliphatic carbocycles. The summed E-state index contributed by atoms with van der Waals surface area (Å²) in [5.41, 5.74) is 0. The van der Waals surface area contributed by atoms with Gasteiger partial charge >= 0.3 is 6.03 Å². The predicted octanol–water partition coefficient (Wildman–Crippen LogP) is 1.31. The van der Waals surface area contributed by atoms with Gasteiger partial charge in [-0.2, -0.15) is 0 Å². The van der Waals surface area contributed by atoms with Gasteiger partial charge in [-0.05, 0) is 13.8 Å². The van der Waals surface area contributed by atoms with Crippen molar-refractivity contribution in [2.75, 3.05) is 13.1 Å². The van der Waals surface area contributed by atoms with Crippen LogP contribution < -0.4 is 0 Å². The molecule has 1 fully saturated rings. The van der Waals surface area contributed by atoms with E-state index in [0.717, 1.165) is 0 Å². The van der Waals surface area contributed by atoms with Gasteiger partial charge < -0.3 is 4.90 Å². The molecule has 4 nitrogen and oxygen atoms in total. The second kappa shape index (κ2) is 3.98. The monoisotopic (exact) mass is 198 g/mol. The van der Waals surface area contributed by atoms with Crippen molar-refractivity contribution in [3.8, 4) is 0 Å².